The number of nitrogens with zero attached hydrogens (tertiary/aromatic N) is 6. The molecule has 0 radical (unpaired) electrons. The second-order valence-electron chi connectivity index (χ2n) is 7.83. The lowest BCUT2D eigenvalue weighted by Gasteiger charge is -2.25. The molecule has 5 rings (SSSR count). The molecule has 11 nitrogen and oxygen atoms in total. The summed E-state index contributed by atoms with van der Waals surface area (Å²) in [7, 11) is 1.53. The standard InChI is InChI=1S/C24H19N7O4S/c1-13-7-15(16-8-14(9-25)3-4-18(16)34-2)17(10-26-13)22(33)30-24-29-21-23(36-24)28-19(11-27-21)31-5-6-35-12-20(31)32/h3-4,7-8,10-11H,5-6,12H2,1-2H3,(H,27,29,30,33). The predicted molar refractivity (Wildman–Crippen MR) is 132 cm³/mol. The number of ether oxygens (including phenoxy) is 2. The number of amides is 2. The maximum Gasteiger partial charge on any atom is 0.259 e. The normalized spacial score (nSPS) is 13.5. The first-order valence-corrected chi connectivity index (χ1v) is 11.7. The molecule has 1 saturated heterocycles. The number of pyridine rings is 1. The summed E-state index contributed by atoms with van der Waals surface area (Å²) in [6, 6.07) is 8.88. The molecule has 2 amide bonds. The molecular formula is C24H19N7O4S. The van der Waals surface area contributed by atoms with Crippen LogP contribution in [0, 0.1) is 18.3 Å². The van der Waals surface area contributed by atoms with Crippen LogP contribution in [0.4, 0.5) is 10.9 Å². The molecule has 3 aromatic heterocycles. The first-order valence-electron chi connectivity index (χ1n) is 10.8. The summed E-state index contributed by atoms with van der Waals surface area (Å²) in [6.45, 7) is 2.62. The quantitative estimate of drug-likeness (QED) is 0.436. The number of benzene rings is 1. The van der Waals surface area contributed by atoms with Gasteiger partial charge < -0.3 is 9.47 Å². The maximum absolute atomic E-state index is 13.3. The Morgan fingerprint density at radius 2 is 2.08 bits per heavy atom. The zero-order chi connectivity index (χ0) is 25.2. The molecule has 180 valence electrons. The van der Waals surface area contributed by atoms with Gasteiger partial charge in [-0.15, -0.1) is 0 Å². The first kappa shape index (κ1) is 23.3. The van der Waals surface area contributed by atoms with Gasteiger partial charge in [-0.3, -0.25) is 24.8 Å². The number of carbonyl (C=O) groups is 2. The van der Waals surface area contributed by atoms with E-state index in [4.69, 9.17) is 9.47 Å². The molecule has 0 aliphatic carbocycles. The zero-order valence-electron chi connectivity index (χ0n) is 19.3. The third kappa shape index (κ3) is 4.45. The monoisotopic (exact) mass is 501 g/mol. The van der Waals surface area contributed by atoms with Gasteiger partial charge in [0.25, 0.3) is 11.8 Å². The lowest BCUT2D eigenvalue weighted by Crippen LogP contribution is -2.42. The summed E-state index contributed by atoms with van der Waals surface area (Å²) in [5, 5.41) is 12.4. The van der Waals surface area contributed by atoms with Crippen molar-refractivity contribution < 1.29 is 19.1 Å². The van der Waals surface area contributed by atoms with Gasteiger partial charge in [-0.05, 0) is 31.2 Å². The maximum atomic E-state index is 13.3. The van der Waals surface area contributed by atoms with Crippen LogP contribution >= 0.6 is 11.3 Å². The number of hydrogen-bond acceptors (Lipinski definition) is 10. The molecule has 0 atom stereocenters. The third-order valence-electron chi connectivity index (χ3n) is 5.50. The Morgan fingerprint density at radius 3 is 2.86 bits per heavy atom. The van der Waals surface area contributed by atoms with Gasteiger partial charge in [-0.25, -0.2) is 9.97 Å². The Morgan fingerprint density at radius 1 is 1.22 bits per heavy atom. The number of fused-ring (bicyclic) bond motifs is 1. The minimum atomic E-state index is -0.440. The number of rotatable bonds is 5. The lowest BCUT2D eigenvalue weighted by atomic mass is 9.97. The molecule has 4 heterocycles. The van der Waals surface area contributed by atoms with Gasteiger partial charge in [0.05, 0.1) is 43.7 Å². The fourth-order valence-corrected chi connectivity index (χ4v) is 4.56. The van der Waals surface area contributed by atoms with Crippen molar-refractivity contribution in [2.75, 3.05) is 37.1 Å². The van der Waals surface area contributed by atoms with Crippen molar-refractivity contribution in [1.82, 2.24) is 19.9 Å². The fraction of sp³-hybridized carbons (Fsp3) is 0.208. The minimum absolute atomic E-state index is 0.00130. The fourth-order valence-electron chi connectivity index (χ4n) is 3.77. The van der Waals surface area contributed by atoms with Gasteiger partial charge in [-0.1, -0.05) is 11.3 Å². The Kier molecular flexibility index (Phi) is 6.24. The molecular weight excluding hydrogens is 482 g/mol. The number of aryl methyl sites for hydroxylation is 1. The van der Waals surface area contributed by atoms with E-state index in [0.29, 0.717) is 62.7 Å². The summed E-state index contributed by atoms with van der Waals surface area (Å²) >= 11 is 1.14. The van der Waals surface area contributed by atoms with Crippen molar-refractivity contribution in [1.29, 1.82) is 5.26 Å². The molecule has 0 bridgehead atoms. The number of nitrogens with one attached hydrogen (secondary N) is 1. The Hall–Kier alpha value is -4.47. The van der Waals surface area contributed by atoms with Crippen LogP contribution in [-0.4, -0.2) is 58.6 Å². The van der Waals surface area contributed by atoms with E-state index in [1.165, 1.54) is 24.4 Å². The zero-order valence-corrected chi connectivity index (χ0v) is 20.1. The Bertz CT molecular complexity index is 1550. The summed E-state index contributed by atoms with van der Waals surface area (Å²) in [5.41, 5.74) is 2.94. The number of nitriles is 1. The van der Waals surface area contributed by atoms with Gasteiger partial charge in [-0.2, -0.15) is 10.2 Å². The summed E-state index contributed by atoms with van der Waals surface area (Å²) in [5.74, 6) is 0.298. The van der Waals surface area contributed by atoms with Crippen molar-refractivity contribution in [2.45, 2.75) is 6.92 Å². The van der Waals surface area contributed by atoms with E-state index >= 15 is 0 Å². The predicted octanol–water partition coefficient (Wildman–Crippen LogP) is 2.95. The van der Waals surface area contributed by atoms with Crippen molar-refractivity contribution >= 4 is 44.6 Å². The van der Waals surface area contributed by atoms with Crippen LogP contribution in [0.3, 0.4) is 0 Å². The summed E-state index contributed by atoms with van der Waals surface area (Å²) in [4.78, 5) is 44.9. The van der Waals surface area contributed by atoms with Crippen molar-refractivity contribution in [3.8, 4) is 22.9 Å². The lowest BCUT2D eigenvalue weighted by molar-refractivity contribution is -0.125. The number of thiazole rings is 1. The van der Waals surface area contributed by atoms with Gasteiger partial charge in [0.1, 0.15) is 12.4 Å². The molecule has 0 spiro atoms. The molecule has 0 unspecified atom stereocenters. The average Bonchev–Trinajstić information content (AvgIpc) is 3.29. The second-order valence-corrected chi connectivity index (χ2v) is 8.80. The van der Waals surface area contributed by atoms with E-state index in [0.717, 1.165) is 11.3 Å². The van der Waals surface area contributed by atoms with E-state index in [1.54, 1.807) is 24.3 Å². The number of morpholine rings is 1. The average molecular weight is 502 g/mol. The molecule has 1 aliphatic rings. The van der Waals surface area contributed by atoms with Crippen LogP contribution in [0.15, 0.2) is 36.7 Å². The molecule has 36 heavy (non-hydrogen) atoms. The third-order valence-corrected chi connectivity index (χ3v) is 6.35. The number of hydrogen-bond donors (Lipinski definition) is 1. The highest BCUT2D eigenvalue weighted by atomic mass is 32.1. The number of carbonyl (C=O) groups excluding carboxylic acids is 2. The van der Waals surface area contributed by atoms with Gasteiger partial charge in [0.15, 0.2) is 21.4 Å². The molecule has 12 heteroatoms. The highest BCUT2D eigenvalue weighted by Crippen LogP contribution is 2.34. The number of aromatic nitrogens is 4. The molecule has 1 aliphatic heterocycles. The largest absolute Gasteiger partial charge is 0.496 e. The van der Waals surface area contributed by atoms with E-state index in [9.17, 15) is 14.9 Å². The van der Waals surface area contributed by atoms with Crippen molar-refractivity contribution in [2.24, 2.45) is 0 Å². The molecule has 1 N–H and O–H groups in total. The van der Waals surface area contributed by atoms with Crippen LogP contribution in [0.1, 0.15) is 21.6 Å². The van der Waals surface area contributed by atoms with E-state index < -0.39 is 5.91 Å². The Balaban J connectivity index is 1.47. The second kappa shape index (κ2) is 9.65. The van der Waals surface area contributed by atoms with Gasteiger partial charge in [0.2, 0.25) is 0 Å². The van der Waals surface area contributed by atoms with E-state index in [-0.39, 0.29) is 18.1 Å². The summed E-state index contributed by atoms with van der Waals surface area (Å²) in [6.07, 6.45) is 2.96. The van der Waals surface area contributed by atoms with Crippen LogP contribution in [0.25, 0.3) is 21.6 Å². The highest BCUT2D eigenvalue weighted by Gasteiger charge is 2.23. The van der Waals surface area contributed by atoms with E-state index in [2.05, 4.69) is 31.3 Å². The van der Waals surface area contributed by atoms with Crippen LogP contribution in [-0.2, 0) is 9.53 Å². The smallest absolute Gasteiger partial charge is 0.259 e. The number of anilines is 2. The summed E-state index contributed by atoms with van der Waals surface area (Å²) < 4.78 is 10.6. The number of methoxy groups -OCH3 is 1. The molecule has 0 saturated carbocycles. The SMILES string of the molecule is COc1ccc(C#N)cc1-c1cc(C)ncc1C(=O)Nc1nc2ncc(N3CCOCC3=O)nc2s1. The van der Waals surface area contributed by atoms with Crippen molar-refractivity contribution in [3.05, 3.63) is 53.5 Å². The topological polar surface area (TPSA) is 143 Å². The Labute approximate surface area is 209 Å². The van der Waals surface area contributed by atoms with Crippen LogP contribution < -0.4 is 15.0 Å². The van der Waals surface area contributed by atoms with Crippen LogP contribution in [0.2, 0.25) is 0 Å². The molecule has 4 aromatic rings. The van der Waals surface area contributed by atoms with E-state index in [1.807, 2.05) is 6.92 Å². The van der Waals surface area contributed by atoms with Crippen LogP contribution in [0.5, 0.6) is 5.75 Å². The molecule has 1 fully saturated rings. The molecule has 1 aromatic carbocycles. The van der Waals surface area contributed by atoms with Gasteiger partial charge >= 0.3 is 0 Å². The first-order chi connectivity index (χ1) is 17.5. The highest BCUT2D eigenvalue weighted by molar-refractivity contribution is 7.21. The van der Waals surface area contributed by atoms with Gasteiger partial charge in [0, 0.05) is 23.0 Å². The minimum Gasteiger partial charge on any atom is -0.496 e. The van der Waals surface area contributed by atoms with Crippen molar-refractivity contribution in [3.63, 3.8) is 0 Å².